The molecule has 0 aliphatic rings. The van der Waals surface area contributed by atoms with E-state index in [-0.39, 0.29) is 32.2 Å². The Balaban J connectivity index is 2.40. The highest BCUT2D eigenvalue weighted by molar-refractivity contribution is 7.21. The van der Waals surface area contributed by atoms with Gasteiger partial charge < -0.3 is 20.8 Å². The monoisotopic (exact) mass is 294 g/mol. The molecule has 0 radical (unpaired) electrons. The average molecular weight is 294 g/mol. The number of anilines is 1. The molecule has 0 fully saturated rings. The maximum Gasteiger partial charge on any atom is 0.266 e. The quantitative estimate of drug-likeness (QED) is 0.774. The average Bonchev–Trinajstić information content (AvgIpc) is 2.75. The highest BCUT2D eigenvalue weighted by atomic mass is 32.1. The van der Waals surface area contributed by atoms with Crippen LogP contribution in [0.4, 0.5) is 5.69 Å². The van der Waals surface area contributed by atoms with E-state index in [0.29, 0.717) is 10.6 Å². The van der Waals surface area contributed by atoms with E-state index in [9.17, 15) is 4.79 Å². The molecule has 0 saturated heterocycles. The fourth-order valence-electron chi connectivity index (χ4n) is 2.09. The lowest BCUT2D eigenvalue weighted by atomic mass is 10.1. The number of aliphatic hydroxyl groups excluding tert-OH is 2. The minimum Gasteiger partial charge on any atom is -0.397 e. The normalized spacial score (nSPS) is 10.9. The van der Waals surface area contributed by atoms with Gasteiger partial charge in [0.1, 0.15) is 4.88 Å². The Labute approximate surface area is 121 Å². The standard InChI is InChI=1S/C14H18N2O3S/c1-9-2-3-11-10(8-9)12(15)13(20-11)14(19)16(4-6-17)5-7-18/h2-3,8,17-18H,4-7,15H2,1H3. The van der Waals surface area contributed by atoms with Gasteiger partial charge >= 0.3 is 0 Å². The van der Waals surface area contributed by atoms with E-state index in [1.807, 2.05) is 25.1 Å². The van der Waals surface area contributed by atoms with E-state index < -0.39 is 0 Å². The van der Waals surface area contributed by atoms with E-state index >= 15 is 0 Å². The fraction of sp³-hybridized carbons (Fsp3) is 0.357. The van der Waals surface area contributed by atoms with Crippen LogP contribution in [0.1, 0.15) is 15.2 Å². The molecule has 0 aliphatic heterocycles. The molecule has 0 saturated carbocycles. The number of nitrogens with two attached hydrogens (primary N) is 1. The SMILES string of the molecule is Cc1ccc2sc(C(=O)N(CCO)CCO)c(N)c2c1. The number of thiophene rings is 1. The number of hydrogen-bond acceptors (Lipinski definition) is 5. The minimum absolute atomic E-state index is 0.143. The third-order valence-corrected chi connectivity index (χ3v) is 4.28. The molecule has 20 heavy (non-hydrogen) atoms. The van der Waals surface area contributed by atoms with Gasteiger partial charge in [0.15, 0.2) is 0 Å². The van der Waals surface area contributed by atoms with Gasteiger partial charge in [-0.05, 0) is 19.1 Å². The zero-order valence-electron chi connectivity index (χ0n) is 11.3. The lowest BCUT2D eigenvalue weighted by Crippen LogP contribution is -2.35. The van der Waals surface area contributed by atoms with E-state index in [0.717, 1.165) is 15.6 Å². The van der Waals surface area contributed by atoms with Crippen LogP contribution in [0.5, 0.6) is 0 Å². The number of aliphatic hydroxyl groups is 2. The Morgan fingerprint density at radius 1 is 1.30 bits per heavy atom. The van der Waals surface area contributed by atoms with Gasteiger partial charge in [-0.3, -0.25) is 4.79 Å². The van der Waals surface area contributed by atoms with Gasteiger partial charge in [0.25, 0.3) is 5.91 Å². The predicted octanol–water partition coefficient (Wildman–Crippen LogP) is 1.22. The summed E-state index contributed by atoms with van der Waals surface area (Å²) in [6, 6.07) is 5.89. The van der Waals surface area contributed by atoms with Crippen LogP contribution >= 0.6 is 11.3 Å². The van der Waals surface area contributed by atoms with Gasteiger partial charge in [-0.15, -0.1) is 11.3 Å². The first-order valence-corrected chi connectivity index (χ1v) is 7.19. The molecule has 2 aromatic rings. The zero-order valence-corrected chi connectivity index (χ0v) is 12.1. The van der Waals surface area contributed by atoms with E-state index in [1.165, 1.54) is 16.2 Å². The molecule has 1 heterocycles. The summed E-state index contributed by atoms with van der Waals surface area (Å²) in [6.45, 7) is 2.06. The minimum atomic E-state index is -0.246. The molecule has 1 aromatic carbocycles. The summed E-state index contributed by atoms with van der Waals surface area (Å²) in [7, 11) is 0. The molecule has 5 nitrogen and oxygen atoms in total. The maximum atomic E-state index is 12.4. The number of hydrogen-bond donors (Lipinski definition) is 3. The second kappa shape index (κ2) is 6.21. The number of nitrogen functional groups attached to an aromatic ring is 1. The summed E-state index contributed by atoms with van der Waals surface area (Å²) in [6.07, 6.45) is 0. The molecule has 1 amide bonds. The first-order valence-electron chi connectivity index (χ1n) is 6.38. The number of benzene rings is 1. The van der Waals surface area contributed by atoms with Crippen molar-refractivity contribution >= 4 is 33.0 Å². The van der Waals surface area contributed by atoms with Gasteiger partial charge in [0, 0.05) is 23.2 Å². The molecule has 0 unspecified atom stereocenters. The van der Waals surface area contributed by atoms with Crippen molar-refractivity contribution in [3.05, 3.63) is 28.6 Å². The van der Waals surface area contributed by atoms with Crippen molar-refractivity contribution in [1.29, 1.82) is 0 Å². The van der Waals surface area contributed by atoms with Crippen molar-refractivity contribution in [3.8, 4) is 0 Å². The van der Waals surface area contributed by atoms with Crippen molar-refractivity contribution in [1.82, 2.24) is 4.90 Å². The summed E-state index contributed by atoms with van der Waals surface area (Å²) < 4.78 is 0.962. The van der Waals surface area contributed by atoms with Crippen LogP contribution < -0.4 is 5.73 Å². The fourth-order valence-corrected chi connectivity index (χ4v) is 3.16. The first-order chi connectivity index (χ1) is 9.58. The molecule has 4 N–H and O–H groups in total. The third-order valence-electron chi connectivity index (χ3n) is 3.10. The number of rotatable bonds is 5. The largest absolute Gasteiger partial charge is 0.397 e. The van der Waals surface area contributed by atoms with Crippen molar-refractivity contribution in [2.45, 2.75) is 6.92 Å². The summed E-state index contributed by atoms with van der Waals surface area (Å²) in [4.78, 5) is 14.3. The molecule has 108 valence electrons. The molecule has 0 aliphatic carbocycles. The van der Waals surface area contributed by atoms with E-state index in [2.05, 4.69) is 0 Å². The summed E-state index contributed by atoms with van der Waals surface area (Å²) in [5, 5.41) is 18.9. The Bertz CT molecular complexity index is 618. The smallest absolute Gasteiger partial charge is 0.266 e. The summed E-state index contributed by atoms with van der Waals surface area (Å²) in [5.41, 5.74) is 7.64. The van der Waals surface area contributed by atoms with Crippen LogP contribution in [0.2, 0.25) is 0 Å². The predicted molar refractivity (Wildman–Crippen MR) is 81.0 cm³/mol. The number of fused-ring (bicyclic) bond motifs is 1. The molecular formula is C14H18N2O3S. The summed E-state index contributed by atoms with van der Waals surface area (Å²) in [5.74, 6) is -0.246. The Morgan fingerprint density at radius 3 is 2.55 bits per heavy atom. The van der Waals surface area contributed by atoms with Gasteiger partial charge in [0.2, 0.25) is 0 Å². The van der Waals surface area contributed by atoms with Crippen LogP contribution in [-0.4, -0.2) is 47.3 Å². The van der Waals surface area contributed by atoms with Crippen LogP contribution in [0, 0.1) is 6.92 Å². The van der Waals surface area contributed by atoms with Crippen molar-refractivity contribution in [2.75, 3.05) is 32.0 Å². The van der Waals surface area contributed by atoms with Gasteiger partial charge in [0.05, 0.1) is 18.9 Å². The van der Waals surface area contributed by atoms with Gasteiger partial charge in [-0.2, -0.15) is 0 Å². The van der Waals surface area contributed by atoms with Crippen molar-refractivity contribution < 1.29 is 15.0 Å². The first kappa shape index (κ1) is 14.8. The third kappa shape index (κ3) is 2.77. The lowest BCUT2D eigenvalue weighted by Gasteiger charge is -2.20. The highest BCUT2D eigenvalue weighted by Crippen LogP contribution is 2.34. The highest BCUT2D eigenvalue weighted by Gasteiger charge is 2.21. The molecule has 6 heteroatoms. The topological polar surface area (TPSA) is 86.8 Å². The Kier molecular flexibility index (Phi) is 4.59. The maximum absolute atomic E-state index is 12.4. The lowest BCUT2D eigenvalue weighted by molar-refractivity contribution is 0.0690. The molecule has 0 atom stereocenters. The molecule has 0 bridgehead atoms. The molecule has 0 spiro atoms. The Morgan fingerprint density at radius 2 is 1.95 bits per heavy atom. The van der Waals surface area contributed by atoms with Crippen LogP contribution in [0.15, 0.2) is 18.2 Å². The number of carbonyl (C=O) groups is 1. The Hall–Kier alpha value is -1.63. The van der Waals surface area contributed by atoms with E-state index in [1.54, 1.807) is 0 Å². The van der Waals surface area contributed by atoms with Crippen LogP contribution in [0.3, 0.4) is 0 Å². The zero-order chi connectivity index (χ0) is 14.7. The van der Waals surface area contributed by atoms with Gasteiger partial charge in [-0.1, -0.05) is 11.6 Å². The second-order valence-corrected chi connectivity index (χ2v) is 5.64. The number of carbonyl (C=O) groups excluding carboxylic acids is 1. The van der Waals surface area contributed by atoms with E-state index in [4.69, 9.17) is 15.9 Å². The number of nitrogens with zero attached hydrogens (tertiary/aromatic N) is 1. The number of amides is 1. The second-order valence-electron chi connectivity index (χ2n) is 4.58. The van der Waals surface area contributed by atoms with Crippen LogP contribution in [-0.2, 0) is 0 Å². The van der Waals surface area contributed by atoms with Crippen molar-refractivity contribution in [2.24, 2.45) is 0 Å². The van der Waals surface area contributed by atoms with Crippen LogP contribution in [0.25, 0.3) is 10.1 Å². The van der Waals surface area contributed by atoms with Gasteiger partial charge in [-0.25, -0.2) is 0 Å². The van der Waals surface area contributed by atoms with Crippen molar-refractivity contribution in [3.63, 3.8) is 0 Å². The molecular weight excluding hydrogens is 276 g/mol. The summed E-state index contributed by atoms with van der Waals surface area (Å²) >= 11 is 1.34. The molecule has 1 aromatic heterocycles. The molecule has 2 rings (SSSR count). The number of aryl methyl sites for hydroxylation is 1.